The van der Waals surface area contributed by atoms with Crippen molar-refractivity contribution in [1.82, 2.24) is 9.38 Å². The molecule has 0 saturated carbocycles. The van der Waals surface area contributed by atoms with E-state index in [1.807, 2.05) is 0 Å². The van der Waals surface area contributed by atoms with E-state index < -0.39 is 52.9 Å². The van der Waals surface area contributed by atoms with Gasteiger partial charge in [0, 0.05) is 30.3 Å². The van der Waals surface area contributed by atoms with E-state index in [0.29, 0.717) is 10.6 Å². The van der Waals surface area contributed by atoms with Crippen LogP contribution in [0, 0.1) is 0 Å². The van der Waals surface area contributed by atoms with E-state index in [1.54, 1.807) is 0 Å². The minimum atomic E-state index is -5.93. The van der Waals surface area contributed by atoms with Gasteiger partial charge in [-0.05, 0) is 6.07 Å². The minimum Gasteiger partial charge on any atom is -0.478 e. The first-order valence-corrected chi connectivity index (χ1v) is 8.45. The van der Waals surface area contributed by atoms with Gasteiger partial charge in [0.25, 0.3) is 5.56 Å². The standard InChI is InChI=1S/C16H11ClF8N4O2/c17-7-31-9-1-2-29-10(3-9)28-12(15(20,21)22)11(13(29)30)8(4-26)5-27-6-14(18,19)16(23,24)25/h1-5H,6-7,26H2/b8-4+,27-5?. The van der Waals surface area contributed by atoms with Crippen LogP contribution in [0.5, 0.6) is 5.75 Å². The first kappa shape index (κ1) is 24.4. The smallest absolute Gasteiger partial charge is 0.455 e. The molecule has 0 radical (unpaired) electrons. The van der Waals surface area contributed by atoms with Crippen molar-refractivity contribution in [2.45, 2.75) is 18.3 Å². The summed E-state index contributed by atoms with van der Waals surface area (Å²) >= 11 is 5.37. The molecule has 0 saturated heterocycles. The van der Waals surface area contributed by atoms with E-state index in [4.69, 9.17) is 22.1 Å². The van der Waals surface area contributed by atoms with Gasteiger partial charge in [-0.15, -0.1) is 0 Å². The van der Waals surface area contributed by atoms with Gasteiger partial charge in [0.2, 0.25) is 0 Å². The number of hydrogen-bond donors (Lipinski definition) is 1. The average Bonchev–Trinajstić information content (AvgIpc) is 2.64. The number of halogens is 9. The Morgan fingerprint density at radius 1 is 1.23 bits per heavy atom. The largest absolute Gasteiger partial charge is 0.478 e. The number of fused-ring (bicyclic) bond motifs is 1. The monoisotopic (exact) mass is 478 g/mol. The van der Waals surface area contributed by atoms with Crippen LogP contribution in [0.3, 0.4) is 0 Å². The lowest BCUT2D eigenvalue weighted by atomic mass is 10.1. The molecule has 15 heteroatoms. The highest BCUT2D eigenvalue weighted by Gasteiger charge is 2.57. The molecule has 2 rings (SSSR count). The lowest BCUT2D eigenvalue weighted by molar-refractivity contribution is -0.276. The van der Waals surface area contributed by atoms with Crippen molar-refractivity contribution in [2.75, 3.05) is 12.6 Å². The van der Waals surface area contributed by atoms with E-state index in [0.717, 1.165) is 12.3 Å². The Morgan fingerprint density at radius 3 is 2.39 bits per heavy atom. The molecular weight excluding hydrogens is 468 g/mol. The number of rotatable bonds is 6. The second-order valence-corrected chi connectivity index (χ2v) is 5.99. The molecule has 2 aromatic rings. The number of ether oxygens (including phenoxy) is 1. The van der Waals surface area contributed by atoms with Gasteiger partial charge in [0.15, 0.2) is 11.8 Å². The van der Waals surface area contributed by atoms with Crippen molar-refractivity contribution in [3.8, 4) is 5.75 Å². The summed E-state index contributed by atoms with van der Waals surface area (Å²) in [5.41, 5.74) is -0.462. The number of allylic oxidation sites excluding steroid dienone is 1. The van der Waals surface area contributed by atoms with Gasteiger partial charge in [-0.2, -0.15) is 35.1 Å². The summed E-state index contributed by atoms with van der Waals surface area (Å²) in [5.74, 6) is -5.25. The third-order valence-corrected chi connectivity index (χ3v) is 3.80. The highest BCUT2D eigenvalue weighted by atomic mass is 35.5. The van der Waals surface area contributed by atoms with Crippen LogP contribution < -0.4 is 16.0 Å². The molecule has 2 heterocycles. The molecule has 0 spiro atoms. The van der Waals surface area contributed by atoms with Crippen LogP contribution in [0.25, 0.3) is 11.2 Å². The zero-order chi connectivity index (χ0) is 23.6. The third kappa shape index (κ3) is 5.24. The zero-order valence-electron chi connectivity index (χ0n) is 14.9. The zero-order valence-corrected chi connectivity index (χ0v) is 15.7. The van der Waals surface area contributed by atoms with E-state index in [1.165, 1.54) is 6.07 Å². The molecule has 0 aromatic carbocycles. The molecule has 0 atom stereocenters. The number of aromatic nitrogens is 2. The van der Waals surface area contributed by atoms with Crippen LogP contribution in [-0.4, -0.2) is 40.3 Å². The molecule has 170 valence electrons. The summed E-state index contributed by atoms with van der Waals surface area (Å²) in [6.45, 7) is -2.13. The topological polar surface area (TPSA) is 82.0 Å². The van der Waals surface area contributed by atoms with E-state index in [2.05, 4.69) is 9.98 Å². The van der Waals surface area contributed by atoms with Crippen LogP contribution in [0.2, 0.25) is 0 Å². The van der Waals surface area contributed by atoms with Crippen LogP contribution in [0.15, 0.2) is 34.3 Å². The maximum atomic E-state index is 13.5. The number of nitrogens with zero attached hydrogens (tertiary/aromatic N) is 3. The van der Waals surface area contributed by atoms with Gasteiger partial charge in [0.1, 0.15) is 17.9 Å². The number of aliphatic imine (C=N–C) groups is 1. The summed E-state index contributed by atoms with van der Waals surface area (Å²) in [6, 6.07) is 1.82. The Balaban J connectivity index is 2.63. The summed E-state index contributed by atoms with van der Waals surface area (Å²) in [6.07, 6.45) is -9.53. The van der Waals surface area contributed by atoms with Gasteiger partial charge in [-0.25, -0.2) is 4.98 Å². The molecular formula is C16H11ClF8N4O2. The molecule has 0 aliphatic heterocycles. The van der Waals surface area contributed by atoms with E-state index >= 15 is 0 Å². The quantitative estimate of drug-likeness (QED) is 0.388. The maximum Gasteiger partial charge on any atom is 0.455 e. The van der Waals surface area contributed by atoms with E-state index in [-0.39, 0.29) is 18.0 Å². The Labute approximate surface area is 172 Å². The predicted molar refractivity (Wildman–Crippen MR) is 94.3 cm³/mol. The molecule has 0 unspecified atom stereocenters. The highest BCUT2D eigenvalue weighted by molar-refractivity contribution is 6.17. The molecule has 2 N–H and O–H groups in total. The predicted octanol–water partition coefficient (Wildman–Crippen LogP) is 3.86. The Bertz CT molecular complexity index is 1080. The fraction of sp³-hybridized carbons (Fsp3) is 0.312. The highest BCUT2D eigenvalue weighted by Crippen LogP contribution is 2.36. The fourth-order valence-electron chi connectivity index (χ4n) is 2.28. The lowest BCUT2D eigenvalue weighted by Gasteiger charge is -2.17. The summed E-state index contributed by atoms with van der Waals surface area (Å²) < 4.78 is 109. The Morgan fingerprint density at radius 2 is 1.87 bits per heavy atom. The van der Waals surface area contributed by atoms with Crippen molar-refractivity contribution >= 4 is 29.0 Å². The first-order valence-electron chi connectivity index (χ1n) is 7.92. The van der Waals surface area contributed by atoms with Gasteiger partial charge in [0.05, 0.1) is 5.56 Å². The van der Waals surface area contributed by atoms with E-state index in [9.17, 15) is 39.9 Å². The van der Waals surface area contributed by atoms with Crippen molar-refractivity contribution in [2.24, 2.45) is 10.7 Å². The van der Waals surface area contributed by atoms with Gasteiger partial charge < -0.3 is 10.5 Å². The van der Waals surface area contributed by atoms with Crippen LogP contribution in [0.4, 0.5) is 35.1 Å². The third-order valence-electron chi connectivity index (χ3n) is 3.69. The molecule has 31 heavy (non-hydrogen) atoms. The second kappa shape index (κ2) is 8.69. The molecule has 0 bridgehead atoms. The minimum absolute atomic E-state index is 0.00619. The summed E-state index contributed by atoms with van der Waals surface area (Å²) in [7, 11) is 0. The van der Waals surface area contributed by atoms with Gasteiger partial charge in [-0.1, -0.05) is 11.6 Å². The fourth-order valence-corrected chi connectivity index (χ4v) is 2.40. The number of pyridine rings is 1. The SMILES string of the molecule is N/C=C(\C=NCC(F)(F)C(F)(F)F)c1c(C(F)(F)F)nc2cc(OCCl)ccn2c1=O. The van der Waals surface area contributed by atoms with Crippen LogP contribution in [-0.2, 0) is 6.18 Å². The molecule has 0 aliphatic carbocycles. The first-order chi connectivity index (χ1) is 14.2. The second-order valence-electron chi connectivity index (χ2n) is 5.78. The lowest BCUT2D eigenvalue weighted by Crippen LogP contribution is -2.39. The van der Waals surface area contributed by atoms with Crippen molar-refractivity contribution in [3.63, 3.8) is 0 Å². The molecule has 0 aliphatic rings. The van der Waals surface area contributed by atoms with Gasteiger partial charge in [-0.3, -0.25) is 14.2 Å². The van der Waals surface area contributed by atoms with Gasteiger partial charge >= 0.3 is 18.3 Å². The normalized spacial score (nSPS) is 13.9. The average molecular weight is 479 g/mol. The summed E-state index contributed by atoms with van der Waals surface area (Å²) in [5, 5.41) is 0. The van der Waals surface area contributed by atoms with Crippen molar-refractivity contribution < 1.29 is 39.9 Å². The van der Waals surface area contributed by atoms with Crippen molar-refractivity contribution in [3.05, 3.63) is 46.1 Å². The molecule has 2 aromatic heterocycles. The Kier molecular flexibility index (Phi) is 6.83. The maximum absolute atomic E-state index is 13.5. The van der Waals surface area contributed by atoms with Crippen LogP contribution >= 0.6 is 11.6 Å². The Hall–Kier alpha value is -2.90. The summed E-state index contributed by atoms with van der Waals surface area (Å²) in [4.78, 5) is 18.8. The number of alkyl halides is 9. The number of hydrogen-bond acceptors (Lipinski definition) is 5. The number of nitrogens with two attached hydrogens (primary N) is 1. The molecule has 6 nitrogen and oxygen atoms in total. The molecule has 0 amide bonds. The van der Waals surface area contributed by atoms with Crippen molar-refractivity contribution in [1.29, 1.82) is 0 Å². The van der Waals surface area contributed by atoms with Crippen LogP contribution in [0.1, 0.15) is 11.3 Å². The molecule has 0 fully saturated rings.